The number of rotatable bonds is 6. The molecule has 1 saturated carbocycles. The molecule has 0 aliphatic heterocycles. The van der Waals surface area contributed by atoms with E-state index in [0.717, 1.165) is 18.6 Å². The van der Waals surface area contributed by atoms with Crippen LogP contribution in [0.1, 0.15) is 52.4 Å². The van der Waals surface area contributed by atoms with Crippen LogP contribution in [0.4, 0.5) is 0 Å². The summed E-state index contributed by atoms with van der Waals surface area (Å²) in [6.45, 7) is 6.69. The van der Waals surface area contributed by atoms with Gasteiger partial charge >= 0.3 is 0 Å². The molecular formula is C14H29NO. The maximum Gasteiger partial charge on any atom is 0.0490 e. The molecule has 1 aliphatic rings. The average molecular weight is 227 g/mol. The minimum atomic E-state index is 0.717. The normalized spacial score (nSPS) is 28.7. The van der Waals surface area contributed by atoms with Crippen molar-refractivity contribution in [1.29, 1.82) is 0 Å². The quantitative estimate of drug-likeness (QED) is 0.704. The van der Waals surface area contributed by atoms with E-state index in [4.69, 9.17) is 4.74 Å². The third-order valence-electron chi connectivity index (χ3n) is 3.88. The molecule has 0 saturated heterocycles. The smallest absolute Gasteiger partial charge is 0.0490 e. The van der Waals surface area contributed by atoms with E-state index in [-0.39, 0.29) is 0 Å². The van der Waals surface area contributed by atoms with Gasteiger partial charge in [-0.2, -0.15) is 0 Å². The lowest BCUT2D eigenvalue weighted by molar-refractivity contribution is 0.120. The van der Waals surface area contributed by atoms with Gasteiger partial charge in [0.25, 0.3) is 0 Å². The summed E-state index contributed by atoms with van der Waals surface area (Å²) < 4.78 is 5.29. The van der Waals surface area contributed by atoms with E-state index in [9.17, 15) is 0 Å². The Hall–Kier alpha value is -0.0800. The molecule has 0 amide bonds. The molecule has 0 aromatic heterocycles. The first-order chi connectivity index (χ1) is 7.77. The van der Waals surface area contributed by atoms with E-state index in [1.54, 1.807) is 0 Å². The molecular weight excluding hydrogens is 198 g/mol. The number of nitrogens with one attached hydrogen (secondary N) is 1. The summed E-state index contributed by atoms with van der Waals surface area (Å²) in [6, 6.07) is 0.756. The minimum absolute atomic E-state index is 0.717. The van der Waals surface area contributed by atoms with Crippen molar-refractivity contribution >= 4 is 0 Å². The highest BCUT2D eigenvalue weighted by molar-refractivity contribution is 4.78. The van der Waals surface area contributed by atoms with Gasteiger partial charge in [0.05, 0.1) is 0 Å². The van der Waals surface area contributed by atoms with Crippen LogP contribution in [-0.4, -0.2) is 26.3 Å². The van der Waals surface area contributed by atoms with Gasteiger partial charge in [-0.15, -0.1) is 0 Å². The molecule has 1 aliphatic carbocycles. The molecule has 3 unspecified atom stereocenters. The highest BCUT2D eigenvalue weighted by Crippen LogP contribution is 2.29. The molecule has 0 bridgehead atoms. The van der Waals surface area contributed by atoms with Crippen molar-refractivity contribution in [2.45, 2.75) is 58.4 Å². The van der Waals surface area contributed by atoms with E-state index in [1.165, 1.54) is 45.1 Å². The third kappa shape index (κ3) is 4.84. The molecule has 1 rings (SSSR count). The van der Waals surface area contributed by atoms with Crippen molar-refractivity contribution in [3.63, 3.8) is 0 Å². The molecule has 2 nitrogen and oxygen atoms in total. The summed E-state index contributed by atoms with van der Waals surface area (Å²) in [5.74, 6) is 1.57. The SMILES string of the molecule is CCCNC1CCCCC(C(C)COC)C1. The Morgan fingerprint density at radius 2 is 2.06 bits per heavy atom. The Kier molecular flexibility index (Phi) is 7.06. The number of ether oxygens (including phenoxy) is 1. The Bertz CT molecular complexity index is 172. The second-order valence-electron chi connectivity index (χ2n) is 5.36. The second-order valence-corrected chi connectivity index (χ2v) is 5.36. The molecule has 1 fully saturated rings. The molecule has 16 heavy (non-hydrogen) atoms. The van der Waals surface area contributed by atoms with Gasteiger partial charge in [0.2, 0.25) is 0 Å². The van der Waals surface area contributed by atoms with Crippen molar-refractivity contribution in [1.82, 2.24) is 5.32 Å². The summed E-state index contributed by atoms with van der Waals surface area (Å²) in [4.78, 5) is 0. The predicted molar refractivity (Wildman–Crippen MR) is 69.7 cm³/mol. The summed E-state index contributed by atoms with van der Waals surface area (Å²) in [5.41, 5.74) is 0. The van der Waals surface area contributed by atoms with E-state index in [1.807, 2.05) is 7.11 Å². The van der Waals surface area contributed by atoms with E-state index >= 15 is 0 Å². The summed E-state index contributed by atoms with van der Waals surface area (Å²) >= 11 is 0. The first kappa shape index (κ1) is 14.0. The van der Waals surface area contributed by atoms with Crippen molar-refractivity contribution in [3.05, 3.63) is 0 Å². The summed E-state index contributed by atoms with van der Waals surface area (Å²) in [6.07, 6.45) is 8.17. The van der Waals surface area contributed by atoms with Crippen molar-refractivity contribution in [2.24, 2.45) is 11.8 Å². The fraction of sp³-hybridized carbons (Fsp3) is 1.00. The maximum absolute atomic E-state index is 5.29. The second kappa shape index (κ2) is 8.08. The number of hydrogen-bond acceptors (Lipinski definition) is 2. The van der Waals surface area contributed by atoms with Gasteiger partial charge in [-0.05, 0) is 37.6 Å². The van der Waals surface area contributed by atoms with Crippen molar-refractivity contribution < 1.29 is 4.74 Å². The highest BCUT2D eigenvalue weighted by atomic mass is 16.5. The molecule has 3 atom stereocenters. The lowest BCUT2D eigenvalue weighted by Crippen LogP contribution is -2.32. The molecule has 0 aromatic rings. The average Bonchev–Trinajstić information content (AvgIpc) is 2.52. The predicted octanol–water partition coefficient (Wildman–Crippen LogP) is 3.22. The van der Waals surface area contributed by atoms with Gasteiger partial charge in [-0.25, -0.2) is 0 Å². The van der Waals surface area contributed by atoms with E-state index < -0.39 is 0 Å². The maximum atomic E-state index is 5.29. The first-order valence-electron chi connectivity index (χ1n) is 7.00. The molecule has 0 aromatic carbocycles. The van der Waals surface area contributed by atoms with Crippen LogP contribution in [0.5, 0.6) is 0 Å². The molecule has 0 spiro atoms. The first-order valence-corrected chi connectivity index (χ1v) is 7.00. The molecule has 0 radical (unpaired) electrons. The Labute approximate surface area is 101 Å². The number of hydrogen-bond donors (Lipinski definition) is 1. The number of methoxy groups -OCH3 is 1. The van der Waals surface area contributed by atoms with Crippen LogP contribution in [-0.2, 0) is 4.74 Å². The standard InChI is InChI=1S/C14H29NO/c1-4-9-15-14-8-6-5-7-13(10-14)12(2)11-16-3/h12-15H,4-11H2,1-3H3. The molecule has 96 valence electrons. The van der Waals surface area contributed by atoms with Crippen LogP contribution < -0.4 is 5.32 Å². The zero-order valence-corrected chi connectivity index (χ0v) is 11.3. The van der Waals surface area contributed by atoms with Gasteiger partial charge in [-0.3, -0.25) is 0 Å². The monoisotopic (exact) mass is 227 g/mol. The Balaban J connectivity index is 2.38. The van der Waals surface area contributed by atoms with Crippen LogP contribution in [0, 0.1) is 11.8 Å². The molecule has 2 heteroatoms. The summed E-state index contributed by atoms with van der Waals surface area (Å²) in [7, 11) is 1.82. The van der Waals surface area contributed by atoms with Crippen LogP contribution in [0.2, 0.25) is 0 Å². The van der Waals surface area contributed by atoms with Gasteiger partial charge in [-0.1, -0.05) is 33.1 Å². The third-order valence-corrected chi connectivity index (χ3v) is 3.88. The Morgan fingerprint density at radius 1 is 1.31 bits per heavy atom. The largest absolute Gasteiger partial charge is 0.384 e. The molecule has 1 N–H and O–H groups in total. The fourth-order valence-electron chi connectivity index (χ4n) is 2.85. The zero-order valence-electron chi connectivity index (χ0n) is 11.3. The van der Waals surface area contributed by atoms with Crippen LogP contribution in [0.3, 0.4) is 0 Å². The van der Waals surface area contributed by atoms with Crippen LogP contribution in [0.15, 0.2) is 0 Å². The van der Waals surface area contributed by atoms with Crippen molar-refractivity contribution in [3.8, 4) is 0 Å². The lowest BCUT2D eigenvalue weighted by atomic mass is 9.86. The fourth-order valence-corrected chi connectivity index (χ4v) is 2.85. The van der Waals surface area contributed by atoms with E-state index in [2.05, 4.69) is 19.2 Å². The van der Waals surface area contributed by atoms with Gasteiger partial charge in [0.1, 0.15) is 0 Å². The van der Waals surface area contributed by atoms with Crippen molar-refractivity contribution in [2.75, 3.05) is 20.3 Å². The van der Waals surface area contributed by atoms with Gasteiger partial charge < -0.3 is 10.1 Å². The Morgan fingerprint density at radius 3 is 2.75 bits per heavy atom. The summed E-state index contributed by atoms with van der Waals surface area (Å²) in [5, 5.41) is 3.70. The van der Waals surface area contributed by atoms with Crippen LogP contribution in [0.25, 0.3) is 0 Å². The highest BCUT2D eigenvalue weighted by Gasteiger charge is 2.23. The molecule has 0 heterocycles. The minimum Gasteiger partial charge on any atom is -0.384 e. The van der Waals surface area contributed by atoms with Gasteiger partial charge in [0.15, 0.2) is 0 Å². The zero-order chi connectivity index (χ0) is 11.8. The van der Waals surface area contributed by atoms with Crippen LogP contribution >= 0.6 is 0 Å². The van der Waals surface area contributed by atoms with E-state index in [0.29, 0.717) is 5.92 Å². The topological polar surface area (TPSA) is 21.3 Å². The lowest BCUT2D eigenvalue weighted by Gasteiger charge is -2.25. The van der Waals surface area contributed by atoms with Gasteiger partial charge in [0, 0.05) is 19.8 Å².